The van der Waals surface area contributed by atoms with E-state index in [0.29, 0.717) is 17.9 Å². The van der Waals surface area contributed by atoms with E-state index in [4.69, 9.17) is 4.74 Å². The highest BCUT2D eigenvalue weighted by molar-refractivity contribution is 8.32. The van der Waals surface area contributed by atoms with Crippen LogP contribution in [-0.4, -0.2) is 36.2 Å². The Morgan fingerprint density at radius 3 is 1.88 bits per heavy atom. The van der Waals surface area contributed by atoms with E-state index < -0.39 is 10.0 Å². The van der Waals surface area contributed by atoms with Crippen molar-refractivity contribution in [3.05, 3.63) is 0 Å². The third kappa shape index (κ3) is 2.68. The molecule has 1 saturated heterocycles. The van der Waals surface area contributed by atoms with Crippen molar-refractivity contribution in [2.24, 2.45) is 17.3 Å². The van der Waals surface area contributed by atoms with Crippen LogP contribution in [0.25, 0.3) is 0 Å². The molecule has 1 aliphatic heterocycles. The van der Waals surface area contributed by atoms with Gasteiger partial charge in [-0.15, -0.1) is 0 Å². The van der Waals surface area contributed by atoms with Crippen molar-refractivity contribution < 1.29 is 4.74 Å². The van der Waals surface area contributed by atoms with Crippen LogP contribution >= 0.6 is 10.0 Å². The van der Waals surface area contributed by atoms with Gasteiger partial charge in [0.2, 0.25) is 0 Å². The topological polar surface area (TPSA) is 9.23 Å². The molecule has 0 aromatic rings. The fraction of sp³-hybridized carbons (Fsp3) is 1.00. The SMILES string of the molecule is CC(C)C1(C)C(C)C(CS(C)(C)C)OC1(C)C. The van der Waals surface area contributed by atoms with Crippen molar-refractivity contribution in [1.82, 2.24) is 0 Å². The molecule has 0 saturated carbocycles. The van der Waals surface area contributed by atoms with Crippen molar-refractivity contribution in [3.8, 4) is 0 Å². The van der Waals surface area contributed by atoms with Crippen LogP contribution in [-0.2, 0) is 4.74 Å². The molecule has 3 atom stereocenters. The zero-order valence-electron chi connectivity index (χ0n) is 13.3. The average Bonchev–Trinajstić information content (AvgIpc) is 2.25. The molecule has 0 bridgehead atoms. The van der Waals surface area contributed by atoms with Gasteiger partial charge < -0.3 is 4.74 Å². The quantitative estimate of drug-likeness (QED) is 0.740. The predicted octanol–water partition coefficient (Wildman–Crippen LogP) is 4.16. The molecule has 2 heteroatoms. The van der Waals surface area contributed by atoms with E-state index >= 15 is 0 Å². The Morgan fingerprint density at radius 1 is 1.12 bits per heavy atom. The molecule has 0 aromatic carbocycles. The number of hydrogen-bond donors (Lipinski definition) is 0. The second kappa shape index (κ2) is 4.45. The molecule has 0 amide bonds. The molecular formula is C15H32OS. The minimum absolute atomic E-state index is 0.00403. The van der Waals surface area contributed by atoms with Crippen LogP contribution in [0.15, 0.2) is 0 Å². The lowest BCUT2D eigenvalue weighted by molar-refractivity contribution is -0.0651. The van der Waals surface area contributed by atoms with E-state index in [1.54, 1.807) is 0 Å². The summed E-state index contributed by atoms with van der Waals surface area (Å²) in [6.45, 7) is 14.1. The predicted molar refractivity (Wildman–Crippen MR) is 81.3 cm³/mol. The largest absolute Gasteiger partial charge is 0.371 e. The van der Waals surface area contributed by atoms with E-state index in [0.717, 1.165) is 0 Å². The van der Waals surface area contributed by atoms with Crippen LogP contribution in [0.5, 0.6) is 0 Å². The lowest BCUT2D eigenvalue weighted by Gasteiger charge is -2.43. The molecule has 0 spiro atoms. The van der Waals surface area contributed by atoms with Gasteiger partial charge >= 0.3 is 0 Å². The van der Waals surface area contributed by atoms with E-state index in [9.17, 15) is 0 Å². The van der Waals surface area contributed by atoms with E-state index in [2.05, 4.69) is 60.3 Å². The lowest BCUT2D eigenvalue weighted by Crippen LogP contribution is -2.44. The van der Waals surface area contributed by atoms with Gasteiger partial charge in [-0.3, -0.25) is 0 Å². The highest BCUT2D eigenvalue weighted by Gasteiger charge is 2.57. The van der Waals surface area contributed by atoms with Gasteiger partial charge in [-0.25, -0.2) is 10.0 Å². The smallest absolute Gasteiger partial charge is 0.0690 e. The summed E-state index contributed by atoms with van der Waals surface area (Å²) in [7, 11) is -0.492. The first-order valence-electron chi connectivity index (χ1n) is 6.75. The first-order valence-corrected chi connectivity index (χ1v) is 9.78. The normalized spacial score (nSPS) is 38.7. The first kappa shape index (κ1) is 15.4. The van der Waals surface area contributed by atoms with Crippen LogP contribution in [0.3, 0.4) is 0 Å². The molecule has 1 fully saturated rings. The molecule has 0 aromatic heterocycles. The maximum Gasteiger partial charge on any atom is 0.0690 e. The standard InChI is InChI=1S/C15H32OS/c1-11(2)15(6)12(3)13(10-17(7,8)9)16-14(15,4)5/h11-13H,10H2,1-9H3. The van der Waals surface area contributed by atoms with Gasteiger partial charge in [-0.05, 0) is 44.5 Å². The van der Waals surface area contributed by atoms with Gasteiger partial charge in [0.1, 0.15) is 0 Å². The van der Waals surface area contributed by atoms with Gasteiger partial charge in [-0.1, -0.05) is 27.7 Å². The molecule has 1 nitrogen and oxygen atoms in total. The Kier molecular flexibility index (Phi) is 4.02. The summed E-state index contributed by atoms with van der Waals surface area (Å²) in [4.78, 5) is 0. The van der Waals surface area contributed by atoms with Crippen molar-refractivity contribution in [2.45, 2.75) is 53.2 Å². The highest BCUT2D eigenvalue weighted by atomic mass is 32.3. The molecule has 17 heavy (non-hydrogen) atoms. The van der Waals surface area contributed by atoms with E-state index in [-0.39, 0.29) is 11.0 Å². The minimum Gasteiger partial charge on any atom is -0.371 e. The summed E-state index contributed by atoms with van der Waals surface area (Å²) < 4.78 is 6.43. The van der Waals surface area contributed by atoms with Crippen LogP contribution in [0.1, 0.15) is 41.5 Å². The number of rotatable bonds is 3. The zero-order valence-corrected chi connectivity index (χ0v) is 14.1. The third-order valence-corrected chi connectivity index (χ3v) is 6.44. The maximum atomic E-state index is 6.43. The van der Waals surface area contributed by atoms with Crippen LogP contribution in [0.4, 0.5) is 0 Å². The highest BCUT2D eigenvalue weighted by Crippen LogP contribution is 2.56. The first-order chi connectivity index (χ1) is 7.42. The Labute approximate surface area is 110 Å². The molecule has 1 heterocycles. The zero-order chi connectivity index (χ0) is 13.6. The van der Waals surface area contributed by atoms with Gasteiger partial charge in [0.25, 0.3) is 0 Å². The molecule has 1 rings (SSSR count). The Hall–Kier alpha value is 0.310. The van der Waals surface area contributed by atoms with Crippen molar-refractivity contribution in [1.29, 1.82) is 0 Å². The number of hydrogen-bond acceptors (Lipinski definition) is 1. The van der Waals surface area contributed by atoms with E-state index in [1.165, 1.54) is 5.75 Å². The molecule has 0 N–H and O–H groups in total. The Bertz CT molecular complexity index is 277. The number of ether oxygens (including phenoxy) is 1. The van der Waals surface area contributed by atoms with Gasteiger partial charge in [0.15, 0.2) is 0 Å². The molecule has 3 unspecified atom stereocenters. The second-order valence-electron chi connectivity index (χ2n) is 7.65. The third-order valence-electron chi connectivity index (χ3n) is 5.11. The summed E-state index contributed by atoms with van der Waals surface area (Å²) in [5.74, 6) is 2.54. The van der Waals surface area contributed by atoms with Gasteiger partial charge in [0.05, 0.1) is 11.7 Å². The summed E-state index contributed by atoms with van der Waals surface area (Å²) in [5.41, 5.74) is 0.276. The average molecular weight is 260 g/mol. The minimum atomic E-state index is -0.492. The molecular weight excluding hydrogens is 228 g/mol. The summed E-state index contributed by atoms with van der Waals surface area (Å²) >= 11 is 0. The van der Waals surface area contributed by atoms with Crippen molar-refractivity contribution in [3.63, 3.8) is 0 Å². The Balaban J connectivity index is 2.98. The molecule has 1 aliphatic rings. The fourth-order valence-electron chi connectivity index (χ4n) is 3.43. The van der Waals surface area contributed by atoms with Gasteiger partial charge in [-0.2, -0.15) is 0 Å². The molecule has 0 aliphatic carbocycles. The van der Waals surface area contributed by atoms with Crippen LogP contribution in [0, 0.1) is 17.3 Å². The maximum absolute atomic E-state index is 6.43. The summed E-state index contributed by atoms with van der Waals surface area (Å²) in [6.07, 6.45) is 7.61. The van der Waals surface area contributed by atoms with Crippen LogP contribution < -0.4 is 0 Å². The van der Waals surface area contributed by atoms with E-state index in [1.807, 2.05) is 0 Å². The summed E-state index contributed by atoms with van der Waals surface area (Å²) in [5, 5.41) is 0. The Morgan fingerprint density at radius 2 is 1.59 bits per heavy atom. The monoisotopic (exact) mass is 260 g/mol. The fourth-order valence-corrected chi connectivity index (χ4v) is 4.78. The lowest BCUT2D eigenvalue weighted by atomic mass is 9.62. The summed E-state index contributed by atoms with van der Waals surface area (Å²) in [6, 6.07) is 0. The molecule has 104 valence electrons. The second-order valence-corrected chi connectivity index (χ2v) is 12.2. The van der Waals surface area contributed by atoms with Crippen LogP contribution in [0.2, 0.25) is 0 Å². The molecule has 0 radical (unpaired) electrons. The van der Waals surface area contributed by atoms with Gasteiger partial charge in [0, 0.05) is 11.2 Å². The van der Waals surface area contributed by atoms with Crippen molar-refractivity contribution >= 4 is 10.0 Å². The van der Waals surface area contributed by atoms with Crippen molar-refractivity contribution in [2.75, 3.05) is 24.5 Å².